The molecule has 2 rings (SSSR count). The van der Waals surface area contributed by atoms with Gasteiger partial charge < -0.3 is 29.7 Å². The van der Waals surface area contributed by atoms with E-state index in [1.54, 1.807) is 20.2 Å². The molecule has 0 saturated heterocycles. The van der Waals surface area contributed by atoms with Gasteiger partial charge in [0, 0.05) is 32.3 Å². The minimum Gasteiger partial charge on any atom is -0.454 e. The molecule has 0 aromatic heterocycles. The average molecular weight is 386 g/mol. The number of hydrogen-bond acceptors (Lipinski definition) is 5. The third-order valence-electron chi connectivity index (χ3n) is 3.63. The zero-order valence-corrected chi connectivity index (χ0v) is 15.6. The predicted octanol–water partition coefficient (Wildman–Crippen LogP) is 1.55. The number of nitrogens with one attached hydrogen (secondary N) is 2. The highest BCUT2D eigenvalue weighted by Gasteiger charge is 2.20. The van der Waals surface area contributed by atoms with Crippen LogP contribution in [0.1, 0.15) is 18.9 Å². The third-order valence-corrected chi connectivity index (χ3v) is 3.63. The molecule has 0 atom stereocenters. The quantitative estimate of drug-likeness (QED) is 0.521. The number of nitrogens with zero attached hydrogens (tertiary/aromatic N) is 2. The minimum absolute atomic E-state index is 0.0215. The van der Waals surface area contributed by atoms with Crippen LogP contribution in [-0.2, 0) is 11.3 Å². The highest BCUT2D eigenvalue weighted by Crippen LogP contribution is 2.38. The van der Waals surface area contributed by atoms with Crippen LogP contribution in [-0.4, -0.2) is 57.4 Å². The summed E-state index contributed by atoms with van der Waals surface area (Å²) in [5.41, 5.74) is 0.413. The predicted molar refractivity (Wildman–Crippen MR) is 95.3 cm³/mol. The summed E-state index contributed by atoms with van der Waals surface area (Å²) in [6.45, 7) is -0.210. The molecule has 1 heterocycles. The summed E-state index contributed by atoms with van der Waals surface area (Å²) in [4.78, 5) is 17.6. The van der Waals surface area contributed by atoms with E-state index >= 15 is 0 Å². The molecule has 0 unspecified atom stereocenters. The van der Waals surface area contributed by atoms with E-state index in [0.29, 0.717) is 29.6 Å². The lowest BCUT2D eigenvalue weighted by molar-refractivity contribution is -0.127. The Morgan fingerprint density at radius 1 is 1.30 bits per heavy atom. The standard InChI is InChI=1S/C17H24F2N4O4/c1-4-5-20-17(22-9-15(24)23(2)3)21-8-11-6-13-14(26-10-25-13)7-12(11)27-16(18)19/h6-7,16H,4-5,8-10H2,1-3H3,(H2,20,21,22). The number of halogens is 2. The van der Waals surface area contributed by atoms with E-state index in [4.69, 9.17) is 9.47 Å². The fourth-order valence-electron chi connectivity index (χ4n) is 2.19. The van der Waals surface area contributed by atoms with Crippen molar-refractivity contribution in [2.24, 2.45) is 4.99 Å². The highest BCUT2D eigenvalue weighted by molar-refractivity contribution is 5.86. The Morgan fingerprint density at radius 2 is 2.00 bits per heavy atom. The van der Waals surface area contributed by atoms with Crippen molar-refractivity contribution in [3.63, 3.8) is 0 Å². The monoisotopic (exact) mass is 386 g/mol. The third kappa shape index (κ3) is 6.15. The van der Waals surface area contributed by atoms with Gasteiger partial charge in [-0.2, -0.15) is 8.78 Å². The fourth-order valence-corrected chi connectivity index (χ4v) is 2.19. The zero-order chi connectivity index (χ0) is 19.8. The number of amides is 1. The van der Waals surface area contributed by atoms with Gasteiger partial charge in [0.2, 0.25) is 12.7 Å². The number of ether oxygens (including phenoxy) is 3. The zero-order valence-electron chi connectivity index (χ0n) is 15.6. The fraction of sp³-hybridized carbons (Fsp3) is 0.529. The number of likely N-dealkylation sites (N-methyl/N-ethyl adjacent to an activating group) is 1. The number of aliphatic imine (C=N–C) groups is 1. The van der Waals surface area contributed by atoms with Crippen molar-refractivity contribution in [2.45, 2.75) is 26.5 Å². The summed E-state index contributed by atoms with van der Waals surface area (Å²) in [6, 6.07) is 2.92. The maximum Gasteiger partial charge on any atom is 0.387 e. The van der Waals surface area contributed by atoms with Gasteiger partial charge in [0.05, 0.1) is 13.1 Å². The second-order valence-electron chi connectivity index (χ2n) is 5.93. The van der Waals surface area contributed by atoms with Crippen LogP contribution >= 0.6 is 0 Å². The van der Waals surface area contributed by atoms with E-state index in [1.807, 2.05) is 6.92 Å². The number of hydrogen-bond donors (Lipinski definition) is 2. The van der Waals surface area contributed by atoms with Gasteiger partial charge in [-0.3, -0.25) is 4.79 Å². The van der Waals surface area contributed by atoms with Gasteiger partial charge in [-0.25, -0.2) is 4.99 Å². The first-order chi connectivity index (χ1) is 12.9. The molecule has 1 aliphatic heterocycles. The summed E-state index contributed by atoms with van der Waals surface area (Å²) >= 11 is 0. The highest BCUT2D eigenvalue weighted by atomic mass is 19.3. The lowest BCUT2D eigenvalue weighted by Crippen LogP contribution is -2.43. The van der Waals surface area contributed by atoms with Gasteiger partial charge in [-0.05, 0) is 12.5 Å². The minimum atomic E-state index is -2.97. The van der Waals surface area contributed by atoms with Gasteiger partial charge in [0.25, 0.3) is 0 Å². The maximum atomic E-state index is 12.7. The molecule has 1 aromatic carbocycles. The molecule has 0 bridgehead atoms. The lowest BCUT2D eigenvalue weighted by Gasteiger charge is -2.15. The van der Waals surface area contributed by atoms with Gasteiger partial charge in [-0.15, -0.1) is 0 Å². The second-order valence-corrected chi connectivity index (χ2v) is 5.93. The number of carbonyl (C=O) groups excluding carboxylic acids is 1. The second kappa shape index (κ2) is 9.79. The van der Waals surface area contributed by atoms with Crippen LogP contribution in [0, 0.1) is 0 Å². The SMILES string of the molecule is CCCNC(=NCc1cc2c(cc1OC(F)F)OCO2)NCC(=O)N(C)C. The molecule has 150 valence electrons. The van der Waals surface area contributed by atoms with Gasteiger partial charge >= 0.3 is 6.61 Å². The van der Waals surface area contributed by atoms with Crippen LogP contribution in [0.4, 0.5) is 8.78 Å². The smallest absolute Gasteiger partial charge is 0.387 e. The number of benzene rings is 1. The average Bonchev–Trinajstić information content (AvgIpc) is 3.07. The van der Waals surface area contributed by atoms with Crippen LogP contribution in [0.25, 0.3) is 0 Å². The Hall–Kier alpha value is -2.78. The Morgan fingerprint density at radius 3 is 2.63 bits per heavy atom. The van der Waals surface area contributed by atoms with Crippen LogP contribution in [0.3, 0.4) is 0 Å². The summed E-state index contributed by atoms with van der Waals surface area (Å²) in [5, 5.41) is 5.99. The topological polar surface area (TPSA) is 84.4 Å². The Labute approximate surface area is 156 Å². The van der Waals surface area contributed by atoms with Crippen molar-refractivity contribution >= 4 is 11.9 Å². The molecule has 1 amide bonds. The van der Waals surface area contributed by atoms with Crippen molar-refractivity contribution in [2.75, 3.05) is 34.0 Å². The molecule has 2 N–H and O–H groups in total. The van der Waals surface area contributed by atoms with Crippen LogP contribution in [0.5, 0.6) is 17.2 Å². The van der Waals surface area contributed by atoms with Crippen LogP contribution < -0.4 is 24.8 Å². The van der Waals surface area contributed by atoms with Gasteiger partial charge in [0.15, 0.2) is 17.5 Å². The summed E-state index contributed by atoms with van der Waals surface area (Å²) in [7, 11) is 3.31. The van der Waals surface area contributed by atoms with Crippen molar-refractivity contribution in [3.05, 3.63) is 17.7 Å². The van der Waals surface area contributed by atoms with E-state index in [0.717, 1.165) is 6.42 Å². The molecule has 0 radical (unpaired) electrons. The summed E-state index contributed by atoms with van der Waals surface area (Å²) in [6.07, 6.45) is 0.853. The number of fused-ring (bicyclic) bond motifs is 1. The largest absolute Gasteiger partial charge is 0.454 e. The normalized spacial score (nSPS) is 12.9. The molecule has 0 fully saturated rings. The molecular weight excluding hydrogens is 362 g/mol. The first kappa shape index (κ1) is 20.5. The first-order valence-corrected chi connectivity index (χ1v) is 8.50. The number of guanidine groups is 1. The molecule has 1 aliphatic rings. The molecule has 0 aliphatic carbocycles. The van der Waals surface area contributed by atoms with Crippen LogP contribution in [0.15, 0.2) is 17.1 Å². The van der Waals surface area contributed by atoms with E-state index in [-0.39, 0.29) is 31.5 Å². The Kier molecular flexibility index (Phi) is 7.44. The van der Waals surface area contributed by atoms with E-state index < -0.39 is 6.61 Å². The van der Waals surface area contributed by atoms with Crippen LogP contribution in [0.2, 0.25) is 0 Å². The number of carbonyl (C=O) groups is 1. The molecule has 1 aromatic rings. The van der Waals surface area contributed by atoms with Crippen molar-refractivity contribution in [1.82, 2.24) is 15.5 Å². The van der Waals surface area contributed by atoms with E-state index in [9.17, 15) is 13.6 Å². The molecule has 8 nitrogen and oxygen atoms in total. The number of alkyl halides is 2. The molecule has 0 spiro atoms. The Balaban J connectivity index is 2.16. The molecule has 27 heavy (non-hydrogen) atoms. The van der Waals surface area contributed by atoms with Crippen molar-refractivity contribution in [3.8, 4) is 17.2 Å². The molecular formula is C17H24F2N4O4. The van der Waals surface area contributed by atoms with E-state index in [2.05, 4.69) is 20.4 Å². The van der Waals surface area contributed by atoms with Crippen molar-refractivity contribution < 1.29 is 27.8 Å². The molecule has 0 saturated carbocycles. The van der Waals surface area contributed by atoms with Gasteiger partial charge in [-0.1, -0.05) is 6.92 Å². The number of rotatable bonds is 8. The first-order valence-electron chi connectivity index (χ1n) is 8.50. The van der Waals surface area contributed by atoms with Gasteiger partial charge in [0.1, 0.15) is 5.75 Å². The van der Waals surface area contributed by atoms with Crippen molar-refractivity contribution in [1.29, 1.82) is 0 Å². The summed E-state index contributed by atoms with van der Waals surface area (Å²) in [5.74, 6) is 1.04. The molecule has 10 heteroatoms. The lowest BCUT2D eigenvalue weighted by atomic mass is 10.1. The maximum absolute atomic E-state index is 12.7. The summed E-state index contributed by atoms with van der Waals surface area (Å²) < 4.78 is 40.5. The Bertz CT molecular complexity index is 683. The van der Waals surface area contributed by atoms with E-state index in [1.165, 1.54) is 11.0 Å².